The van der Waals surface area contributed by atoms with Gasteiger partial charge in [0.2, 0.25) is 11.8 Å². The first kappa shape index (κ1) is 26.7. The number of alkyl halides is 1. The molecule has 1 saturated carbocycles. The lowest BCUT2D eigenvalue weighted by molar-refractivity contribution is -0.139. The van der Waals surface area contributed by atoms with Gasteiger partial charge in [0.15, 0.2) is 5.78 Å². The van der Waals surface area contributed by atoms with Crippen LogP contribution in [0.15, 0.2) is 54.9 Å². The summed E-state index contributed by atoms with van der Waals surface area (Å²) in [4.78, 5) is 48.9. The van der Waals surface area contributed by atoms with E-state index in [-0.39, 0.29) is 48.9 Å². The molecule has 1 aliphatic heterocycles. The Labute approximate surface area is 236 Å². The molecule has 4 atom stereocenters. The van der Waals surface area contributed by atoms with E-state index in [9.17, 15) is 18.8 Å². The summed E-state index contributed by atoms with van der Waals surface area (Å²) < 4.78 is 16.0. The van der Waals surface area contributed by atoms with Gasteiger partial charge in [-0.1, -0.05) is 30.3 Å². The zero-order valence-corrected chi connectivity index (χ0v) is 23.2. The number of fused-ring (bicyclic) bond motifs is 1. The maximum atomic E-state index is 14.6. The van der Waals surface area contributed by atoms with E-state index in [4.69, 9.17) is 0 Å². The van der Waals surface area contributed by atoms with Gasteiger partial charge in [0.1, 0.15) is 30.3 Å². The number of hydrogen-bond acceptors (Lipinski definition) is 6. The van der Waals surface area contributed by atoms with E-state index < -0.39 is 18.1 Å². The molecule has 210 valence electrons. The second-order valence-corrected chi connectivity index (χ2v) is 11.0. The molecular weight excluding hydrogens is 523 g/mol. The average Bonchev–Trinajstić information content (AvgIpc) is 3.43. The maximum absolute atomic E-state index is 14.6. The van der Waals surface area contributed by atoms with E-state index in [1.807, 2.05) is 37.3 Å². The molecule has 1 N–H and O–H groups in total. The predicted octanol–water partition coefficient (Wildman–Crippen LogP) is 3.92. The first-order valence-electron chi connectivity index (χ1n) is 13.8. The zero-order chi connectivity index (χ0) is 28.8. The highest BCUT2D eigenvalue weighted by Gasteiger charge is 2.45. The Morgan fingerprint density at radius 2 is 1.78 bits per heavy atom. The molecule has 0 spiro atoms. The second-order valence-electron chi connectivity index (χ2n) is 11.0. The van der Waals surface area contributed by atoms with Gasteiger partial charge in [0.25, 0.3) is 0 Å². The Kier molecular flexibility index (Phi) is 6.84. The van der Waals surface area contributed by atoms with Crippen molar-refractivity contribution in [1.82, 2.24) is 30.0 Å². The maximum Gasteiger partial charge on any atom is 0.245 e. The SMILES string of the molecule is CC(=O)c1nn(CC(=O)N2C[C@H](F)C[C@H]2C(=O)N[C@H]2C[C@@H]2c2ccccc2C)c2ccc(-c3cnc(C)nc3)cc12. The van der Waals surface area contributed by atoms with Crippen molar-refractivity contribution >= 4 is 28.5 Å². The molecule has 1 aliphatic carbocycles. The molecule has 2 aromatic heterocycles. The molecule has 6 rings (SSSR count). The number of carbonyl (C=O) groups excluding carboxylic acids is 3. The molecule has 2 aromatic carbocycles. The average molecular weight is 555 g/mol. The summed E-state index contributed by atoms with van der Waals surface area (Å²) in [5.41, 5.74) is 4.80. The van der Waals surface area contributed by atoms with Crippen LogP contribution in [0.2, 0.25) is 0 Å². The lowest BCUT2D eigenvalue weighted by Crippen LogP contribution is -2.47. The van der Waals surface area contributed by atoms with Crippen molar-refractivity contribution in [3.8, 4) is 11.1 Å². The fourth-order valence-electron chi connectivity index (χ4n) is 5.79. The number of aromatic nitrogens is 4. The molecule has 0 radical (unpaired) electrons. The van der Waals surface area contributed by atoms with E-state index >= 15 is 0 Å². The van der Waals surface area contributed by atoms with Crippen LogP contribution >= 0.6 is 0 Å². The monoisotopic (exact) mass is 554 g/mol. The number of Topliss-reactive ketones (excluding diaryl/α,β-unsaturated/α-hetero) is 1. The van der Waals surface area contributed by atoms with Crippen molar-refractivity contribution in [3.05, 3.63) is 77.5 Å². The van der Waals surface area contributed by atoms with E-state index in [0.29, 0.717) is 16.7 Å². The summed E-state index contributed by atoms with van der Waals surface area (Å²) in [5.74, 6) is -0.123. The van der Waals surface area contributed by atoms with Crippen LogP contribution in [0.4, 0.5) is 4.39 Å². The van der Waals surface area contributed by atoms with Crippen LogP contribution in [-0.4, -0.2) is 67.0 Å². The number of benzene rings is 2. The molecule has 2 aliphatic rings. The lowest BCUT2D eigenvalue weighted by atomic mass is 10.0. The number of nitrogens with one attached hydrogen (secondary N) is 1. The number of carbonyl (C=O) groups is 3. The number of nitrogens with zero attached hydrogens (tertiary/aromatic N) is 5. The number of likely N-dealkylation sites (tertiary alicyclic amines) is 1. The highest BCUT2D eigenvalue weighted by atomic mass is 19.1. The number of halogens is 1. The van der Waals surface area contributed by atoms with E-state index in [1.165, 1.54) is 27.6 Å². The Hall–Kier alpha value is -4.47. The molecule has 0 unspecified atom stereocenters. The third kappa shape index (κ3) is 5.21. The number of ketones is 1. The number of aryl methyl sites for hydroxylation is 2. The van der Waals surface area contributed by atoms with Crippen LogP contribution in [-0.2, 0) is 16.1 Å². The van der Waals surface area contributed by atoms with E-state index in [1.54, 1.807) is 25.4 Å². The molecule has 4 aromatic rings. The summed E-state index contributed by atoms with van der Waals surface area (Å²) in [6.07, 6.45) is 2.91. The van der Waals surface area contributed by atoms with Gasteiger partial charge >= 0.3 is 0 Å². The van der Waals surface area contributed by atoms with Crippen LogP contribution in [0, 0.1) is 13.8 Å². The molecule has 9 nitrogen and oxygen atoms in total. The molecule has 2 amide bonds. The van der Waals surface area contributed by atoms with E-state index in [0.717, 1.165) is 17.5 Å². The molecule has 3 heterocycles. The summed E-state index contributed by atoms with van der Waals surface area (Å²) >= 11 is 0. The third-order valence-electron chi connectivity index (χ3n) is 8.06. The zero-order valence-electron chi connectivity index (χ0n) is 23.2. The van der Waals surface area contributed by atoms with Crippen LogP contribution < -0.4 is 5.32 Å². The molecule has 1 saturated heterocycles. The number of amides is 2. The highest BCUT2D eigenvalue weighted by Crippen LogP contribution is 2.42. The summed E-state index contributed by atoms with van der Waals surface area (Å²) in [7, 11) is 0. The fourth-order valence-corrected chi connectivity index (χ4v) is 5.79. The molecule has 0 bridgehead atoms. The number of hydrogen-bond donors (Lipinski definition) is 1. The molecule has 41 heavy (non-hydrogen) atoms. The molecular formula is C31H31FN6O3. The summed E-state index contributed by atoms with van der Waals surface area (Å²) in [6, 6.07) is 12.6. The first-order valence-corrected chi connectivity index (χ1v) is 13.8. The van der Waals surface area contributed by atoms with Crippen LogP contribution in [0.3, 0.4) is 0 Å². The quantitative estimate of drug-likeness (QED) is 0.347. The van der Waals surface area contributed by atoms with Crippen molar-refractivity contribution in [1.29, 1.82) is 0 Å². The van der Waals surface area contributed by atoms with Gasteiger partial charge in [-0.05, 0) is 49.1 Å². The van der Waals surface area contributed by atoms with Crippen LogP contribution in [0.5, 0.6) is 0 Å². The van der Waals surface area contributed by atoms with Gasteiger partial charge in [-0.2, -0.15) is 5.10 Å². The van der Waals surface area contributed by atoms with Gasteiger partial charge in [-0.15, -0.1) is 0 Å². The molecule has 2 fully saturated rings. The van der Waals surface area contributed by atoms with Crippen molar-refractivity contribution in [2.45, 2.75) is 64.3 Å². The first-order chi connectivity index (χ1) is 19.7. The molecule has 10 heteroatoms. The second kappa shape index (κ2) is 10.5. The largest absolute Gasteiger partial charge is 0.351 e. The Morgan fingerprint density at radius 3 is 2.51 bits per heavy atom. The van der Waals surface area contributed by atoms with Crippen molar-refractivity contribution in [3.63, 3.8) is 0 Å². The standard InChI is InChI=1S/C31H31FN6O3/c1-17-6-4-5-7-23(17)24-12-26(24)35-31(41)28-11-22(32)15-37(28)29(40)16-38-27-9-8-20(21-13-33-19(3)34-14-21)10-25(27)30(36-38)18(2)39/h4-10,13-14,22,24,26,28H,11-12,15-16H2,1-3H3,(H,35,41)/t22-,24-,26+,28+/m1/s1. The normalized spacial score (nSPS) is 21.7. The van der Waals surface area contributed by atoms with Crippen molar-refractivity contribution < 1.29 is 18.8 Å². The minimum absolute atomic E-state index is 0.0273. The topological polar surface area (TPSA) is 110 Å². The Bertz CT molecular complexity index is 1670. The van der Waals surface area contributed by atoms with Crippen LogP contribution in [0.1, 0.15) is 53.1 Å². The van der Waals surface area contributed by atoms with Gasteiger partial charge in [-0.3, -0.25) is 19.1 Å². The van der Waals surface area contributed by atoms with Gasteiger partial charge < -0.3 is 10.2 Å². The minimum atomic E-state index is -1.29. The highest BCUT2D eigenvalue weighted by molar-refractivity contribution is 6.06. The third-order valence-corrected chi connectivity index (χ3v) is 8.06. The van der Waals surface area contributed by atoms with Gasteiger partial charge in [0, 0.05) is 48.6 Å². The Balaban J connectivity index is 1.20. The van der Waals surface area contributed by atoms with Crippen molar-refractivity contribution in [2.24, 2.45) is 0 Å². The van der Waals surface area contributed by atoms with Crippen LogP contribution in [0.25, 0.3) is 22.0 Å². The summed E-state index contributed by atoms with van der Waals surface area (Å²) in [5, 5.41) is 8.08. The fraction of sp³-hybridized carbons (Fsp3) is 0.355. The van der Waals surface area contributed by atoms with Crippen molar-refractivity contribution in [2.75, 3.05) is 6.54 Å². The minimum Gasteiger partial charge on any atom is -0.351 e. The summed E-state index contributed by atoms with van der Waals surface area (Å²) in [6.45, 7) is 4.90. The number of rotatable bonds is 7. The van der Waals surface area contributed by atoms with Gasteiger partial charge in [0.05, 0.1) is 12.1 Å². The van der Waals surface area contributed by atoms with Gasteiger partial charge in [-0.25, -0.2) is 14.4 Å². The van der Waals surface area contributed by atoms with E-state index in [2.05, 4.69) is 26.4 Å². The smallest absolute Gasteiger partial charge is 0.245 e. The lowest BCUT2D eigenvalue weighted by Gasteiger charge is -2.24. The predicted molar refractivity (Wildman–Crippen MR) is 151 cm³/mol. The Morgan fingerprint density at radius 1 is 1.02 bits per heavy atom.